The van der Waals surface area contributed by atoms with Crippen molar-refractivity contribution in [3.8, 4) is 11.5 Å². The second-order valence-corrected chi connectivity index (χ2v) is 6.60. The Hall–Kier alpha value is -1.89. The summed E-state index contributed by atoms with van der Waals surface area (Å²) in [7, 11) is -1.18. The molecule has 2 aromatic rings. The molecule has 0 N–H and O–H groups in total. The molecule has 2 unspecified atom stereocenters. The Kier molecular flexibility index (Phi) is 4.15. The Bertz CT molecular complexity index is 714. The average Bonchev–Trinajstić information content (AvgIpc) is 3.05. The van der Waals surface area contributed by atoms with Crippen molar-refractivity contribution >= 4 is 10.8 Å². The maximum Gasteiger partial charge on any atom is 0.221 e. The topological polar surface area (TPSA) is 66.2 Å². The lowest BCUT2D eigenvalue weighted by Crippen LogP contribution is -2.07. The molecule has 0 aliphatic carbocycles. The van der Waals surface area contributed by atoms with E-state index in [1.165, 1.54) is 5.56 Å². The Morgan fingerprint density at radius 2 is 2.32 bits per heavy atom. The first-order valence-electron chi connectivity index (χ1n) is 7.25. The SMILES string of the molecule is CCOc1cc2c(cc1Cn1cnnc1S(C)=O)OC(C)C2. The molecule has 3 rings (SSSR count). The molecule has 0 amide bonds. The molecule has 1 aliphatic rings. The first-order valence-corrected chi connectivity index (χ1v) is 8.80. The summed E-state index contributed by atoms with van der Waals surface area (Å²) in [6.45, 7) is 5.11. The van der Waals surface area contributed by atoms with Crippen molar-refractivity contribution in [2.45, 2.75) is 38.1 Å². The van der Waals surface area contributed by atoms with Crippen LogP contribution in [0.4, 0.5) is 0 Å². The standard InChI is InChI=1S/C15H19N3O3S/c1-4-20-13-6-11-5-10(2)21-14(11)7-12(13)8-18-9-16-17-15(18)22(3)19/h6-7,9-10H,4-5,8H2,1-3H3. The van der Waals surface area contributed by atoms with E-state index in [1.807, 2.05) is 19.1 Å². The van der Waals surface area contributed by atoms with E-state index in [0.29, 0.717) is 18.3 Å². The van der Waals surface area contributed by atoms with Gasteiger partial charge in [-0.2, -0.15) is 0 Å². The smallest absolute Gasteiger partial charge is 0.221 e. The zero-order valence-corrected chi connectivity index (χ0v) is 13.7. The van der Waals surface area contributed by atoms with Crippen LogP contribution in [0.25, 0.3) is 0 Å². The second-order valence-electron chi connectivity index (χ2n) is 5.33. The molecule has 0 saturated carbocycles. The van der Waals surface area contributed by atoms with Crippen LogP contribution in [-0.2, 0) is 23.8 Å². The Balaban J connectivity index is 1.97. The van der Waals surface area contributed by atoms with Crippen molar-refractivity contribution in [2.24, 2.45) is 0 Å². The largest absolute Gasteiger partial charge is 0.494 e. The van der Waals surface area contributed by atoms with Gasteiger partial charge in [-0.25, -0.2) is 0 Å². The lowest BCUT2D eigenvalue weighted by molar-refractivity contribution is 0.254. The summed E-state index contributed by atoms with van der Waals surface area (Å²) in [5.41, 5.74) is 2.14. The third-order valence-corrected chi connectivity index (χ3v) is 4.39. The molecule has 2 heterocycles. The van der Waals surface area contributed by atoms with Crippen molar-refractivity contribution in [1.29, 1.82) is 0 Å². The van der Waals surface area contributed by atoms with E-state index in [2.05, 4.69) is 17.1 Å². The summed E-state index contributed by atoms with van der Waals surface area (Å²) in [6, 6.07) is 4.05. The molecule has 1 aliphatic heterocycles. The minimum absolute atomic E-state index is 0.188. The van der Waals surface area contributed by atoms with Gasteiger partial charge >= 0.3 is 0 Å². The van der Waals surface area contributed by atoms with Crippen molar-refractivity contribution in [2.75, 3.05) is 12.9 Å². The van der Waals surface area contributed by atoms with Crippen molar-refractivity contribution in [1.82, 2.24) is 14.8 Å². The molecular formula is C15H19N3O3S. The zero-order valence-electron chi connectivity index (χ0n) is 12.9. The normalized spacial score (nSPS) is 17.9. The van der Waals surface area contributed by atoms with Gasteiger partial charge in [0.15, 0.2) is 0 Å². The predicted molar refractivity (Wildman–Crippen MR) is 82.9 cm³/mol. The fourth-order valence-electron chi connectivity index (χ4n) is 2.65. The highest BCUT2D eigenvalue weighted by molar-refractivity contribution is 7.84. The maximum atomic E-state index is 11.7. The predicted octanol–water partition coefficient (Wildman–Crippen LogP) is 1.79. The fraction of sp³-hybridized carbons (Fsp3) is 0.467. The molecule has 1 aromatic heterocycles. The summed E-state index contributed by atoms with van der Waals surface area (Å²) < 4.78 is 25.0. The van der Waals surface area contributed by atoms with E-state index >= 15 is 0 Å². The third-order valence-electron chi connectivity index (χ3n) is 3.56. The van der Waals surface area contributed by atoms with Crippen LogP contribution < -0.4 is 9.47 Å². The zero-order chi connectivity index (χ0) is 15.7. The van der Waals surface area contributed by atoms with Gasteiger partial charge in [0, 0.05) is 23.8 Å². The van der Waals surface area contributed by atoms with E-state index in [9.17, 15) is 4.21 Å². The maximum absolute atomic E-state index is 11.7. The van der Waals surface area contributed by atoms with Gasteiger partial charge in [0.2, 0.25) is 5.16 Å². The number of aromatic nitrogens is 3. The minimum Gasteiger partial charge on any atom is -0.494 e. The first kappa shape index (κ1) is 15.0. The monoisotopic (exact) mass is 321 g/mol. The highest BCUT2D eigenvalue weighted by Gasteiger charge is 2.22. The van der Waals surface area contributed by atoms with E-state index in [-0.39, 0.29) is 6.10 Å². The number of fused-ring (bicyclic) bond motifs is 1. The van der Waals surface area contributed by atoms with E-state index in [1.54, 1.807) is 17.2 Å². The van der Waals surface area contributed by atoms with Crippen molar-refractivity contribution < 1.29 is 13.7 Å². The highest BCUT2D eigenvalue weighted by Crippen LogP contribution is 2.35. The van der Waals surface area contributed by atoms with Gasteiger partial charge in [0.1, 0.15) is 23.9 Å². The summed E-state index contributed by atoms with van der Waals surface area (Å²) in [5.74, 6) is 1.73. The van der Waals surface area contributed by atoms with Crippen LogP contribution in [0.15, 0.2) is 23.6 Å². The van der Waals surface area contributed by atoms with Crippen LogP contribution in [0, 0.1) is 0 Å². The molecule has 118 valence electrons. The van der Waals surface area contributed by atoms with Crippen LogP contribution in [0.2, 0.25) is 0 Å². The van der Waals surface area contributed by atoms with Crippen LogP contribution >= 0.6 is 0 Å². The summed E-state index contributed by atoms with van der Waals surface area (Å²) in [4.78, 5) is 0. The van der Waals surface area contributed by atoms with Gasteiger partial charge in [-0.05, 0) is 26.0 Å². The summed E-state index contributed by atoms with van der Waals surface area (Å²) in [5, 5.41) is 8.22. The van der Waals surface area contributed by atoms with Gasteiger partial charge in [-0.15, -0.1) is 10.2 Å². The molecule has 1 aromatic carbocycles. The number of nitrogens with zero attached hydrogens (tertiary/aromatic N) is 3. The lowest BCUT2D eigenvalue weighted by Gasteiger charge is -2.13. The van der Waals surface area contributed by atoms with Gasteiger partial charge in [0.05, 0.1) is 24.0 Å². The molecular weight excluding hydrogens is 302 g/mol. The molecule has 22 heavy (non-hydrogen) atoms. The Morgan fingerprint density at radius 3 is 3.05 bits per heavy atom. The molecule has 2 atom stereocenters. The molecule has 0 saturated heterocycles. The number of hydrogen-bond acceptors (Lipinski definition) is 5. The quantitative estimate of drug-likeness (QED) is 0.840. The van der Waals surface area contributed by atoms with E-state index in [4.69, 9.17) is 9.47 Å². The van der Waals surface area contributed by atoms with Crippen LogP contribution in [0.1, 0.15) is 25.0 Å². The third kappa shape index (κ3) is 2.85. The van der Waals surface area contributed by atoms with Crippen LogP contribution in [-0.4, -0.2) is 37.9 Å². The Labute approximate surface area is 131 Å². The molecule has 0 radical (unpaired) electrons. The van der Waals surface area contributed by atoms with Crippen molar-refractivity contribution in [3.05, 3.63) is 29.6 Å². The fourth-order valence-corrected chi connectivity index (χ4v) is 3.26. The Morgan fingerprint density at radius 1 is 1.50 bits per heavy atom. The van der Waals surface area contributed by atoms with Gasteiger partial charge in [-0.3, -0.25) is 4.21 Å². The average molecular weight is 321 g/mol. The van der Waals surface area contributed by atoms with Gasteiger partial charge < -0.3 is 14.0 Å². The minimum atomic E-state index is -1.18. The van der Waals surface area contributed by atoms with Gasteiger partial charge in [-0.1, -0.05) is 0 Å². The summed E-state index contributed by atoms with van der Waals surface area (Å²) >= 11 is 0. The van der Waals surface area contributed by atoms with E-state index < -0.39 is 10.8 Å². The molecule has 0 bridgehead atoms. The number of rotatable bonds is 5. The first-order chi connectivity index (χ1) is 10.6. The van der Waals surface area contributed by atoms with Crippen LogP contribution in [0.3, 0.4) is 0 Å². The van der Waals surface area contributed by atoms with Crippen molar-refractivity contribution in [3.63, 3.8) is 0 Å². The number of ether oxygens (including phenoxy) is 2. The molecule has 7 heteroatoms. The number of benzene rings is 1. The van der Waals surface area contributed by atoms with E-state index in [0.717, 1.165) is 23.5 Å². The second kappa shape index (κ2) is 6.08. The molecule has 6 nitrogen and oxygen atoms in total. The summed E-state index contributed by atoms with van der Waals surface area (Å²) in [6.07, 6.45) is 4.26. The highest BCUT2D eigenvalue weighted by atomic mass is 32.2. The van der Waals surface area contributed by atoms with Gasteiger partial charge in [0.25, 0.3) is 0 Å². The van der Waals surface area contributed by atoms with Crippen LogP contribution in [0.5, 0.6) is 11.5 Å². The lowest BCUT2D eigenvalue weighted by atomic mass is 10.1. The molecule has 0 spiro atoms. The molecule has 0 fully saturated rings. The number of hydrogen-bond donors (Lipinski definition) is 0.